The van der Waals surface area contributed by atoms with Crippen LogP contribution in [0.25, 0.3) is 0 Å². The standard InChI is InChI=1S/C22H25ClN2O2/c23-20-8-9-21-19(13-20)12-18(14-24-10-4-5-11-24)15-25(21)22(26)27-16-17-6-2-1-3-7-17/h1-3,6-9,13,18H,4-5,10-12,14-16H2. The fourth-order valence-corrected chi connectivity index (χ4v) is 4.33. The Hall–Kier alpha value is -2.04. The number of nitrogens with zero attached hydrogens (tertiary/aromatic N) is 2. The molecule has 0 aliphatic carbocycles. The van der Waals surface area contributed by atoms with Crippen molar-refractivity contribution in [1.82, 2.24) is 4.90 Å². The third kappa shape index (κ3) is 4.45. The summed E-state index contributed by atoms with van der Waals surface area (Å²) in [4.78, 5) is 17.2. The van der Waals surface area contributed by atoms with Gasteiger partial charge in [0.1, 0.15) is 6.61 Å². The first-order valence-corrected chi connectivity index (χ1v) is 10.1. The summed E-state index contributed by atoms with van der Waals surface area (Å²) in [6, 6.07) is 15.6. The molecule has 0 N–H and O–H groups in total. The van der Waals surface area contributed by atoms with Gasteiger partial charge in [0.2, 0.25) is 0 Å². The van der Waals surface area contributed by atoms with Gasteiger partial charge in [0.25, 0.3) is 0 Å². The first-order valence-electron chi connectivity index (χ1n) is 9.68. The van der Waals surface area contributed by atoms with Gasteiger partial charge in [-0.2, -0.15) is 0 Å². The number of hydrogen-bond acceptors (Lipinski definition) is 3. The second-order valence-corrected chi connectivity index (χ2v) is 7.94. The molecular weight excluding hydrogens is 360 g/mol. The van der Waals surface area contributed by atoms with Gasteiger partial charge in [0.05, 0.1) is 5.69 Å². The van der Waals surface area contributed by atoms with E-state index in [1.165, 1.54) is 12.8 Å². The molecule has 1 amide bonds. The van der Waals surface area contributed by atoms with Crippen LogP contribution < -0.4 is 4.90 Å². The Morgan fingerprint density at radius 1 is 1.11 bits per heavy atom. The summed E-state index contributed by atoms with van der Waals surface area (Å²) in [6.07, 6.45) is 3.22. The Kier molecular flexibility index (Phi) is 5.65. The molecule has 0 spiro atoms. The van der Waals surface area contributed by atoms with E-state index < -0.39 is 0 Å². The van der Waals surface area contributed by atoms with Crippen LogP contribution in [0.3, 0.4) is 0 Å². The lowest BCUT2D eigenvalue weighted by Crippen LogP contribution is -2.44. The van der Waals surface area contributed by atoms with Crippen molar-refractivity contribution in [3.63, 3.8) is 0 Å². The normalized spacial score (nSPS) is 19.7. The fraction of sp³-hybridized carbons (Fsp3) is 0.409. The average molecular weight is 385 g/mol. The zero-order chi connectivity index (χ0) is 18.6. The Bertz CT molecular complexity index is 790. The Morgan fingerprint density at radius 2 is 1.89 bits per heavy atom. The third-order valence-corrected chi connectivity index (χ3v) is 5.66. The van der Waals surface area contributed by atoms with E-state index >= 15 is 0 Å². The smallest absolute Gasteiger partial charge is 0.414 e. The maximum absolute atomic E-state index is 12.9. The van der Waals surface area contributed by atoms with E-state index in [1.807, 2.05) is 48.5 Å². The number of likely N-dealkylation sites (tertiary alicyclic amines) is 1. The van der Waals surface area contributed by atoms with Crippen LogP contribution in [0.2, 0.25) is 5.02 Å². The predicted octanol–water partition coefficient (Wildman–Crippen LogP) is 4.75. The van der Waals surface area contributed by atoms with Gasteiger partial charge in [-0.3, -0.25) is 4.90 Å². The van der Waals surface area contributed by atoms with E-state index in [-0.39, 0.29) is 12.7 Å². The summed E-state index contributed by atoms with van der Waals surface area (Å²) < 4.78 is 5.61. The fourth-order valence-electron chi connectivity index (χ4n) is 4.14. The summed E-state index contributed by atoms with van der Waals surface area (Å²) in [6.45, 7) is 4.33. The molecule has 0 bridgehead atoms. The Labute approximate surface area is 165 Å². The number of hydrogen-bond donors (Lipinski definition) is 0. The van der Waals surface area contributed by atoms with Gasteiger partial charge in [-0.25, -0.2) is 4.79 Å². The van der Waals surface area contributed by atoms with Crippen molar-refractivity contribution in [3.05, 3.63) is 64.7 Å². The summed E-state index contributed by atoms with van der Waals surface area (Å²) in [5.74, 6) is 0.401. The SMILES string of the molecule is O=C(OCc1ccccc1)N1CC(CN2CCCC2)Cc2cc(Cl)ccc21. The van der Waals surface area contributed by atoms with Gasteiger partial charge in [0, 0.05) is 18.1 Å². The molecule has 5 heteroatoms. The second-order valence-electron chi connectivity index (χ2n) is 7.50. The molecule has 2 heterocycles. The number of carbonyl (C=O) groups is 1. The lowest BCUT2D eigenvalue weighted by Gasteiger charge is -2.35. The number of anilines is 1. The molecule has 1 atom stereocenters. The molecule has 0 saturated carbocycles. The lowest BCUT2D eigenvalue weighted by molar-refractivity contribution is 0.144. The number of carbonyl (C=O) groups excluding carboxylic acids is 1. The number of fused-ring (bicyclic) bond motifs is 1. The minimum Gasteiger partial charge on any atom is -0.444 e. The van der Waals surface area contributed by atoms with Crippen molar-refractivity contribution in [2.75, 3.05) is 31.1 Å². The molecule has 1 fully saturated rings. The van der Waals surface area contributed by atoms with Crippen LogP contribution >= 0.6 is 11.6 Å². The number of amides is 1. The van der Waals surface area contributed by atoms with E-state index in [1.54, 1.807) is 4.90 Å². The van der Waals surface area contributed by atoms with Gasteiger partial charge in [-0.05, 0) is 67.6 Å². The van der Waals surface area contributed by atoms with Crippen LogP contribution in [0, 0.1) is 5.92 Å². The third-order valence-electron chi connectivity index (χ3n) is 5.42. The molecule has 1 saturated heterocycles. The van der Waals surface area contributed by atoms with Crippen LogP contribution in [0.15, 0.2) is 48.5 Å². The summed E-state index contributed by atoms with van der Waals surface area (Å²) in [5.41, 5.74) is 3.05. The highest BCUT2D eigenvalue weighted by Gasteiger charge is 2.31. The largest absolute Gasteiger partial charge is 0.444 e. The van der Waals surface area contributed by atoms with Gasteiger partial charge in [0.15, 0.2) is 0 Å². The van der Waals surface area contributed by atoms with E-state index in [9.17, 15) is 4.79 Å². The average Bonchev–Trinajstić information content (AvgIpc) is 3.19. The van der Waals surface area contributed by atoms with Crippen molar-refractivity contribution in [2.24, 2.45) is 5.92 Å². The molecule has 27 heavy (non-hydrogen) atoms. The van der Waals surface area contributed by atoms with Crippen molar-refractivity contribution >= 4 is 23.4 Å². The zero-order valence-corrected chi connectivity index (χ0v) is 16.2. The minimum atomic E-state index is -0.284. The van der Waals surface area contributed by atoms with Gasteiger partial charge in [-0.15, -0.1) is 0 Å². The van der Waals surface area contributed by atoms with Gasteiger partial charge >= 0.3 is 6.09 Å². The first kappa shape index (κ1) is 18.3. The molecule has 0 radical (unpaired) electrons. The molecule has 1 unspecified atom stereocenters. The van der Waals surface area contributed by atoms with Crippen molar-refractivity contribution in [3.8, 4) is 0 Å². The quantitative estimate of drug-likeness (QED) is 0.762. The van der Waals surface area contributed by atoms with Crippen LogP contribution in [-0.4, -0.2) is 37.2 Å². The highest BCUT2D eigenvalue weighted by molar-refractivity contribution is 6.30. The molecule has 2 aromatic carbocycles. The number of halogens is 1. The molecule has 2 aliphatic rings. The number of benzene rings is 2. The first-order chi connectivity index (χ1) is 13.2. The summed E-state index contributed by atoms with van der Waals surface area (Å²) in [5, 5.41) is 0.716. The lowest BCUT2D eigenvalue weighted by atomic mass is 9.92. The monoisotopic (exact) mass is 384 g/mol. The van der Waals surface area contributed by atoms with Crippen LogP contribution in [-0.2, 0) is 17.8 Å². The molecular formula is C22H25ClN2O2. The van der Waals surface area contributed by atoms with Crippen LogP contribution in [0.1, 0.15) is 24.0 Å². The van der Waals surface area contributed by atoms with Gasteiger partial charge < -0.3 is 9.64 Å². The summed E-state index contributed by atoms with van der Waals surface area (Å²) in [7, 11) is 0. The van der Waals surface area contributed by atoms with E-state index in [4.69, 9.17) is 16.3 Å². The van der Waals surface area contributed by atoms with Crippen LogP contribution in [0.5, 0.6) is 0 Å². The second kappa shape index (κ2) is 8.32. The van der Waals surface area contributed by atoms with E-state index in [0.717, 1.165) is 42.9 Å². The molecule has 2 aromatic rings. The van der Waals surface area contributed by atoms with E-state index in [0.29, 0.717) is 17.5 Å². The Balaban J connectivity index is 1.49. The highest BCUT2D eigenvalue weighted by atomic mass is 35.5. The van der Waals surface area contributed by atoms with Crippen molar-refractivity contribution < 1.29 is 9.53 Å². The van der Waals surface area contributed by atoms with Crippen molar-refractivity contribution in [2.45, 2.75) is 25.9 Å². The Morgan fingerprint density at radius 3 is 2.67 bits per heavy atom. The predicted molar refractivity (Wildman–Crippen MR) is 108 cm³/mol. The molecule has 142 valence electrons. The zero-order valence-electron chi connectivity index (χ0n) is 15.4. The maximum atomic E-state index is 12.9. The molecule has 0 aromatic heterocycles. The number of rotatable bonds is 4. The van der Waals surface area contributed by atoms with Gasteiger partial charge in [-0.1, -0.05) is 41.9 Å². The number of ether oxygens (including phenoxy) is 1. The molecule has 4 nitrogen and oxygen atoms in total. The van der Waals surface area contributed by atoms with E-state index in [2.05, 4.69) is 4.90 Å². The highest BCUT2D eigenvalue weighted by Crippen LogP contribution is 2.33. The molecule has 4 rings (SSSR count). The maximum Gasteiger partial charge on any atom is 0.414 e. The minimum absolute atomic E-state index is 0.284. The topological polar surface area (TPSA) is 32.8 Å². The molecule has 2 aliphatic heterocycles. The van der Waals surface area contributed by atoms with Crippen molar-refractivity contribution in [1.29, 1.82) is 0 Å². The summed E-state index contributed by atoms with van der Waals surface area (Å²) >= 11 is 6.22. The van der Waals surface area contributed by atoms with Crippen LogP contribution in [0.4, 0.5) is 10.5 Å².